The number of carbonyl (C=O) groups is 2. The molecule has 0 spiro atoms. The molecule has 37 heavy (non-hydrogen) atoms. The van der Waals surface area contributed by atoms with E-state index in [2.05, 4.69) is 10.3 Å². The Bertz CT molecular complexity index is 1320. The number of hydrogen-bond acceptors (Lipinski definition) is 6. The van der Waals surface area contributed by atoms with Crippen LogP contribution in [0.3, 0.4) is 0 Å². The van der Waals surface area contributed by atoms with E-state index >= 15 is 0 Å². The lowest BCUT2D eigenvalue weighted by molar-refractivity contribution is -0.152. The van der Waals surface area contributed by atoms with Crippen molar-refractivity contribution in [3.63, 3.8) is 0 Å². The number of amides is 3. The molecule has 1 N–H and O–H groups in total. The monoisotopic (exact) mass is 558 g/mol. The molecule has 1 fully saturated rings. The van der Waals surface area contributed by atoms with Crippen LogP contribution >= 0.6 is 11.6 Å². The van der Waals surface area contributed by atoms with E-state index in [1.54, 1.807) is 7.05 Å². The Morgan fingerprint density at radius 2 is 1.95 bits per heavy atom. The first-order chi connectivity index (χ1) is 17.3. The van der Waals surface area contributed by atoms with Gasteiger partial charge in [-0.2, -0.15) is 18.2 Å². The summed E-state index contributed by atoms with van der Waals surface area (Å²) >= 11 is 6.02. The van der Waals surface area contributed by atoms with Gasteiger partial charge in [0.15, 0.2) is 9.84 Å². The van der Waals surface area contributed by atoms with Crippen molar-refractivity contribution in [1.29, 1.82) is 0 Å². The van der Waals surface area contributed by atoms with Crippen LogP contribution in [0.25, 0.3) is 0 Å². The third kappa shape index (κ3) is 5.66. The lowest BCUT2D eigenvalue weighted by atomic mass is 9.86. The van der Waals surface area contributed by atoms with Crippen molar-refractivity contribution in [3.8, 4) is 0 Å². The fourth-order valence-corrected chi connectivity index (χ4v) is 6.03. The van der Waals surface area contributed by atoms with Gasteiger partial charge in [0.1, 0.15) is 0 Å². The van der Waals surface area contributed by atoms with Gasteiger partial charge in [-0.05, 0) is 48.9 Å². The highest BCUT2D eigenvalue weighted by Gasteiger charge is 2.46. The summed E-state index contributed by atoms with van der Waals surface area (Å²) in [5.41, 5.74) is -0.393. The molecule has 2 aliphatic heterocycles. The third-order valence-electron chi connectivity index (χ3n) is 6.76. The predicted molar refractivity (Wildman–Crippen MR) is 132 cm³/mol. The molecule has 1 aromatic carbocycles. The van der Waals surface area contributed by atoms with Crippen LogP contribution in [0.1, 0.15) is 18.9 Å². The molecule has 200 valence electrons. The van der Waals surface area contributed by atoms with Gasteiger partial charge < -0.3 is 5.32 Å². The summed E-state index contributed by atoms with van der Waals surface area (Å²) in [5.74, 6) is -3.23. The Hall–Kier alpha value is -2.54. The Balaban J connectivity index is 1.68. The zero-order chi connectivity index (χ0) is 27.1. The summed E-state index contributed by atoms with van der Waals surface area (Å²) in [5, 5.41) is 3.29. The number of aliphatic imine (C=N–C) groups is 1. The number of alkyl halides is 3. The molecule has 13 heteroatoms. The van der Waals surface area contributed by atoms with Gasteiger partial charge in [0, 0.05) is 30.7 Å². The van der Waals surface area contributed by atoms with Crippen molar-refractivity contribution in [3.05, 3.63) is 52.1 Å². The number of nitrogens with one attached hydrogen (secondary N) is 1. The minimum atomic E-state index is -4.66. The standard InChI is InChI=1S/C24H26ClF3N4O4S/c1-3-37(35,36)21-5-4-16(25)8-15(21)12-32-22(33)18-10-19(24(26,27)28)14(9-20(18)30-23(32)34)11-31-7-6-17(13-31)29-2/h4-5,8-10,17,19,29H,3,6-7,11-13H2,1-2H3/t17-,19?/m1/s1. The van der Waals surface area contributed by atoms with E-state index in [0.717, 1.165) is 12.5 Å². The average Bonchev–Trinajstić information content (AvgIpc) is 3.28. The predicted octanol–water partition coefficient (Wildman–Crippen LogP) is 3.38. The Morgan fingerprint density at radius 1 is 1.22 bits per heavy atom. The van der Waals surface area contributed by atoms with E-state index in [0.29, 0.717) is 18.0 Å². The van der Waals surface area contributed by atoms with Crippen molar-refractivity contribution >= 4 is 39.1 Å². The van der Waals surface area contributed by atoms with Gasteiger partial charge in [-0.1, -0.05) is 24.6 Å². The molecule has 2 atom stereocenters. The second-order valence-corrected chi connectivity index (χ2v) is 11.8. The molecule has 8 nitrogen and oxygen atoms in total. The quantitative estimate of drug-likeness (QED) is 0.551. The highest BCUT2D eigenvalue weighted by Crippen LogP contribution is 2.39. The van der Waals surface area contributed by atoms with E-state index in [1.165, 1.54) is 31.2 Å². The van der Waals surface area contributed by atoms with Crippen molar-refractivity contribution in [2.24, 2.45) is 10.9 Å². The Morgan fingerprint density at radius 3 is 2.57 bits per heavy atom. The average molecular weight is 559 g/mol. The number of likely N-dealkylation sites (N-methyl/N-ethyl adjacent to an activating group) is 1. The van der Waals surface area contributed by atoms with E-state index < -0.39 is 40.4 Å². The summed E-state index contributed by atoms with van der Waals surface area (Å²) in [4.78, 5) is 32.4. The van der Waals surface area contributed by atoms with Gasteiger partial charge in [-0.3, -0.25) is 14.6 Å². The fraction of sp³-hybridized carbons (Fsp3) is 0.458. The summed E-state index contributed by atoms with van der Waals surface area (Å²) in [6.45, 7) is 2.16. The lowest BCUT2D eigenvalue weighted by Crippen LogP contribution is -2.44. The first-order valence-corrected chi connectivity index (χ1v) is 13.7. The first kappa shape index (κ1) is 27.5. The molecule has 0 radical (unpaired) electrons. The van der Waals surface area contributed by atoms with Crippen LogP contribution in [0.4, 0.5) is 18.0 Å². The molecular formula is C24H26ClF3N4O4S. The molecule has 3 aliphatic rings. The number of imide groups is 1. The number of rotatable bonds is 7. The third-order valence-corrected chi connectivity index (χ3v) is 8.82. The molecule has 1 saturated heterocycles. The van der Waals surface area contributed by atoms with E-state index in [-0.39, 0.29) is 50.7 Å². The normalized spacial score (nSPS) is 23.1. The summed E-state index contributed by atoms with van der Waals surface area (Å²) < 4.78 is 67.2. The number of allylic oxidation sites excluding steroid dienone is 2. The fourth-order valence-electron chi connectivity index (χ4n) is 4.73. The summed E-state index contributed by atoms with van der Waals surface area (Å²) in [6, 6.07) is 3.14. The summed E-state index contributed by atoms with van der Waals surface area (Å²) in [7, 11) is -1.94. The molecule has 3 amide bonds. The Labute approximate surface area is 217 Å². The van der Waals surface area contributed by atoms with E-state index in [4.69, 9.17) is 11.6 Å². The molecule has 0 saturated carbocycles. The first-order valence-electron chi connectivity index (χ1n) is 11.7. The zero-order valence-electron chi connectivity index (χ0n) is 20.2. The lowest BCUT2D eigenvalue weighted by Gasteiger charge is -2.32. The minimum Gasteiger partial charge on any atom is -0.316 e. The molecule has 1 unspecified atom stereocenters. The van der Waals surface area contributed by atoms with Crippen LogP contribution in [-0.2, 0) is 21.2 Å². The van der Waals surface area contributed by atoms with Gasteiger partial charge in [0.25, 0.3) is 5.91 Å². The van der Waals surface area contributed by atoms with Gasteiger partial charge >= 0.3 is 12.2 Å². The van der Waals surface area contributed by atoms with Crippen molar-refractivity contribution in [1.82, 2.24) is 15.1 Å². The minimum absolute atomic E-state index is 0.00645. The molecule has 2 heterocycles. The largest absolute Gasteiger partial charge is 0.398 e. The van der Waals surface area contributed by atoms with Crippen molar-refractivity contribution in [2.45, 2.75) is 37.0 Å². The van der Waals surface area contributed by atoms with E-state index in [9.17, 15) is 31.2 Å². The molecular weight excluding hydrogens is 533 g/mol. The number of nitrogens with zero attached hydrogens (tertiary/aromatic N) is 3. The van der Waals surface area contributed by atoms with Crippen LogP contribution in [0.2, 0.25) is 5.02 Å². The molecule has 0 bridgehead atoms. The van der Waals surface area contributed by atoms with Gasteiger partial charge in [0.2, 0.25) is 0 Å². The smallest absolute Gasteiger partial charge is 0.316 e. The zero-order valence-corrected chi connectivity index (χ0v) is 21.8. The molecule has 1 aliphatic carbocycles. The molecule has 1 aromatic rings. The number of likely N-dealkylation sites (tertiary alicyclic amines) is 1. The van der Waals surface area contributed by atoms with Crippen LogP contribution in [0.15, 0.2) is 51.4 Å². The maximum atomic E-state index is 14.1. The highest BCUT2D eigenvalue weighted by atomic mass is 35.5. The topological polar surface area (TPSA) is 99.2 Å². The second-order valence-electron chi connectivity index (χ2n) is 9.15. The number of fused-ring (bicyclic) bond motifs is 1. The highest BCUT2D eigenvalue weighted by molar-refractivity contribution is 7.91. The van der Waals surface area contributed by atoms with Crippen LogP contribution < -0.4 is 5.32 Å². The van der Waals surface area contributed by atoms with Crippen LogP contribution in [0.5, 0.6) is 0 Å². The van der Waals surface area contributed by atoms with Crippen LogP contribution in [-0.4, -0.2) is 80.5 Å². The second kappa shape index (κ2) is 10.3. The summed E-state index contributed by atoms with van der Waals surface area (Å²) in [6.07, 6.45) is -1.87. The maximum absolute atomic E-state index is 14.1. The van der Waals surface area contributed by atoms with Gasteiger partial charge in [-0.25, -0.2) is 13.2 Å². The number of carbonyl (C=O) groups excluding carboxylic acids is 2. The van der Waals surface area contributed by atoms with Crippen molar-refractivity contribution < 1.29 is 31.2 Å². The van der Waals surface area contributed by atoms with Gasteiger partial charge in [0.05, 0.1) is 34.4 Å². The number of sulfone groups is 1. The van der Waals surface area contributed by atoms with Crippen LogP contribution in [0, 0.1) is 5.92 Å². The van der Waals surface area contributed by atoms with Crippen molar-refractivity contribution in [2.75, 3.05) is 32.4 Å². The SMILES string of the molecule is CCS(=O)(=O)c1ccc(Cl)cc1CN1C(=O)N=C2C=C(CN3CC[C@@H](NC)C3)C(C(F)(F)F)C=C2C1=O. The van der Waals surface area contributed by atoms with Gasteiger partial charge in [-0.15, -0.1) is 0 Å². The Kier molecular flexibility index (Phi) is 7.67. The number of halogens is 4. The van der Waals surface area contributed by atoms with E-state index in [1.807, 2.05) is 4.90 Å². The molecule has 4 rings (SSSR count). The number of hydrogen-bond donors (Lipinski definition) is 1. The maximum Gasteiger partial charge on any atom is 0.398 e. The number of benzene rings is 1. The molecule has 0 aromatic heterocycles. The number of urea groups is 1.